The molecule has 0 saturated carbocycles. The largest absolute Gasteiger partial charge is 0.259 e. The van der Waals surface area contributed by atoms with Gasteiger partial charge in [-0.05, 0) is 23.3 Å². The standard InChI is InChI=1S/C19H18N2O2S/c22-24(23,15-16-9-3-1-4-10-16)21-19(17-11-5-2-6-12-17)18-13-7-8-14-20-18/h1-14,19,21H,15H2/t19-/m0/s1. The minimum atomic E-state index is -3.52. The molecule has 3 aromatic rings. The van der Waals surface area contributed by atoms with Gasteiger partial charge < -0.3 is 0 Å². The van der Waals surface area contributed by atoms with Crippen LogP contribution in [0.3, 0.4) is 0 Å². The van der Waals surface area contributed by atoms with Gasteiger partial charge in [-0.1, -0.05) is 66.7 Å². The lowest BCUT2D eigenvalue weighted by atomic mass is 10.0. The zero-order valence-electron chi connectivity index (χ0n) is 13.0. The van der Waals surface area contributed by atoms with E-state index in [1.165, 1.54) is 0 Å². The molecule has 24 heavy (non-hydrogen) atoms. The van der Waals surface area contributed by atoms with Crippen molar-refractivity contribution < 1.29 is 8.42 Å². The van der Waals surface area contributed by atoms with Gasteiger partial charge in [-0.2, -0.15) is 0 Å². The Bertz CT molecular complexity index is 828. The van der Waals surface area contributed by atoms with Crippen molar-refractivity contribution in [3.05, 3.63) is 102 Å². The number of nitrogens with one attached hydrogen (secondary N) is 1. The van der Waals surface area contributed by atoms with Crippen molar-refractivity contribution >= 4 is 10.0 Å². The Morgan fingerprint density at radius 1 is 0.833 bits per heavy atom. The predicted molar refractivity (Wildman–Crippen MR) is 94.7 cm³/mol. The van der Waals surface area contributed by atoms with Crippen LogP contribution in [0.15, 0.2) is 85.1 Å². The van der Waals surface area contributed by atoms with Crippen LogP contribution >= 0.6 is 0 Å². The number of nitrogens with zero attached hydrogens (tertiary/aromatic N) is 1. The molecule has 3 rings (SSSR count). The summed E-state index contributed by atoms with van der Waals surface area (Å²) < 4.78 is 28.0. The number of sulfonamides is 1. The third kappa shape index (κ3) is 4.28. The molecule has 0 bridgehead atoms. The van der Waals surface area contributed by atoms with Crippen LogP contribution in [0.25, 0.3) is 0 Å². The van der Waals surface area contributed by atoms with Crippen molar-refractivity contribution in [3.63, 3.8) is 0 Å². The first kappa shape index (κ1) is 16.4. The maximum atomic E-state index is 12.6. The third-order valence-electron chi connectivity index (χ3n) is 3.61. The summed E-state index contributed by atoms with van der Waals surface area (Å²) >= 11 is 0. The van der Waals surface area contributed by atoms with Crippen LogP contribution in [0.2, 0.25) is 0 Å². The fourth-order valence-corrected chi connectivity index (χ4v) is 3.84. The summed E-state index contributed by atoms with van der Waals surface area (Å²) in [4.78, 5) is 4.32. The fourth-order valence-electron chi connectivity index (χ4n) is 2.51. The Balaban J connectivity index is 1.89. The van der Waals surface area contributed by atoms with Crippen LogP contribution in [0, 0.1) is 0 Å². The summed E-state index contributed by atoms with van der Waals surface area (Å²) in [7, 11) is -3.52. The molecule has 0 radical (unpaired) electrons. The highest BCUT2D eigenvalue weighted by atomic mass is 32.2. The van der Waals surface area contributed by atoms with Gasteiger partial charge in [0.2, 0.25) is 10.0 Å². The predicted octanol–water partition coefficient (Wildman–Crippen LogP) is 3.29. The number of benzene rings is 2. The SMILES string of the molecule is O=S(=O)(Cc1ccccc1)N[C@@H](c1ccccc1)c1ccccn1. The van der Waals surface area contributed by atoms with Crippen LogP contribution in [0.5, 0.6) is 0 Å². The van der Waals surface area contributed by atoms with Crippen LogP contribution in [-0.4, -0.2) is 13.4 Å². The Morgan fingerprint density at radius 2 is 1.46 bits per heavy atom. The zero-order chi connectivity index (χ0) is 16.8. The highest BCUT2D eigenvalue weighted by Crippen LogP contribution is 2.21. The molecule has 4 nitrogen and oxygen atoms in total. The molecule has 0 fully saturated rings. The zero-order valence-corrected chi connectivity index (χ0v) is 13.9. The molecule has 0 amide bonds. The van der Waals surface area contributed by atoms with Crippen molar-refractivity contribution in [2.75, 3.05) is 0 Å². The van der Waals surface area contributed by atoms with Crippen LogP contribution in [0.1, 0.15) is 22.9 Å². The van der Waals surface area contributed by atoms with Crippen molar-refractivity contribution in [2.45, 2.75) is 11.8 Å². The average molecular weight is 338 g/mol. The van der Waals surface area contributed by atoms with E-state index < -0.39 is 16.1 Å². The lowest BCUT2D eigenvalue weighted by Gasteiger charge is -2.19. The van der Waals surface area contributed by atoms with Gasteiger partial charge in [0.05, 0.1) is 17.5 Å². The molecule has 1 atom stereocenters. The van der Waals surface area contributed by atoms with E-state index in [-0.39, 0.29) is 5.75 Å². The molecule has 0 aliphatic rings. The van der Waals surface area contributed by atoms with Crippen LogP contribution < -0.4 is 4.72 Å². The molecule has 0 aliphatic heterocycles. The number of rotatable bonds is 6. The molecule has 2 aromatic carbocycles. The van der Waals surface area contributed by atoms with Gasteiger partial charge in [-0.15, -0.1) is 0 Å². The summed E-state index contributed by atoms with van der Waals surface area (Å²) in [6, 6.07) is 23.6. The van der Waals surface area contributed by atoms with Gasteiger partial charge in [-0.25, -0.2) is 13.1 Å². The molecular weight excluding hydrogens is 320 g/mol. The van der Waals surface area contributed by atoms with E-state index >= 15 is 0 Å². The Morgan fingerprint density at radius 3 is 2.08 bits per heavy atom. The van der Waals surface area contributed by atoms with Gasteiger partial charge in [-0.3, -0.25) is 4.98 Å². The van der Waals surface area contributed by atoms with E-state index in [0.717, 1.165) is 11.1 Å². The highest BCUT2D eigenvalue weighted by Gasteiger charge is 2.22. The number of pyridine rings is 1. The van der Waals surface area contributed by atoms with E-state index in [1.807, 2.05) is 66.7 Å². The molecular formula is C19H18N2O2S. The van der Waals surface area contributed by atoms with Gasteiger partial charge in [0, 0.05) is 6.20 Å². The van der Waals surface area contributed by atoms with Crippen molar-refractivity contribution in [1.29, 1.82) is 0 Å². The average Bonchev–Trinajstić information content (AvgIpc) is 2.62. The van der Waals surface area contributed by atoms with E-state index in [1.54, 1.807) is 18.3 Å². The summed E-state index contributed by atoms with van der Waals surface area (Å²) in [6.45, 7) is 0. The first-order valence-electron chi connectivity index (χ1n) is 7.64. The number of aromatic nitrogens is 1. The van der Waals surface area contributed by atoms with Crippen molar-refractivity contribution in [2.24, 2.45) is 0 Å². The van der Waals surface area contributed by atoms with Gasteiger partial charge in [0.1, 0.15) is 0 Å². The first-order valence-corrected chi connectivity index (χ1v) is 9.29. The number of hydrogen-bond donors (Lipinski definition) is 1. The second-order valence-corrected chi connectivity index (χ2v) is 7.21. The van der Waals surface area contributed by atoms with Crippen LogP contribution in [0.4, 0.5) is 0 Å². The molecule has 0 aliphatic carbocycles. The summed E-state index contributed by atoms with van der Waals surface area (Å²) in [5.41, 5.74) is 2.27. The molecule has 0 spiro atoms. The summed E-state index contributed by atoms with van der Waals surface area (Å²) in [5.74, 6) is -0.0655. The van der Waals surface area contributed by atoms with E-state index in [9.17, 15) is 8.42 Å². The summed E-state index contributed by atoms with van der Waals surface area (Å²) in [6.07, 6.45) is 1.66. The molecule has 1 N–H and O–H groups in total. The monoisotopic (exact) mass is 338 g/mol. The molecule has 1 heterocycles. The first-order chi connectivity index (χ1) is 11.6. The van der Waals surface area contributed by atoms with E-state index in [4.69, 9.17) is 0 Å². The number of hydrogen-bond acceptors (Lipinski definition) is 3. The van der Waals surface area contributed by atoms with Crippen LogP contribution in [-0.2, 0) is 15.8 Å². The van der Waals surface area contributed by atoms with E-state index in [0.29, 0.717) is 5.69 Å². The normalized spacial score (nSPS) is 12.7. The molecule has 122 valence electrons. The van der Waals surface area contributed by atoms with Gasteiger partial charge >= 0.3 is 0 Å². The lowest BCUT2D eigenvalue weighted by molar-refractivity contribution is 0.569. The third-order valence-corrected chi connectivity index (χ3v) is 4.92. The second-order valence-electron chi connectivity index (χ2n) is 5.46. The summed E-state index contributed by atoms with van der Waals surface area (Å²) in [5, 5.41) is 0. The minimum absolute atomic E-state index is 0.0655. The maximum absolute atomic E-state index is 12.6. The Hall–Kier alpha value is -2.50. The van der Waals surface area contributed by atoms with Gasteiger partial charge in [0.25, 0.3) is 0 Å². The molecule has 1 aromatic heterocycles. The highest BCUT2D eigenvalue weighted by molar-refractivity contribution is 7.88. The Labute approximate surface area is 142 Å². The van der Waals surface area contributed by atoms with E-state index in [2.05, 4.69) is 9.71 Å². The van der Waals surface area contributed by atoms with Crippen molar-refractivity contribution in [3.8, 4) is 0 Å². The smallest absolute Gasteiger partial charge is 0.216 e. The minimum Gasteiger partial charge on any atom is -0.259 e. The molecule has 0 saturated heterocycles. The topological polar surface area (TPSA) is 59.1 Å². The Kier molecular flexibility index (Phi) is 5.03. The fraction of sp³-hybridized carbons (Fsp3) is 0.105. The second kappa shape index (κ2) is 7.38. The quantitative estimate of drug-likeness (QED) is 0.750. The molecule has 5 heteroatoms. The maximum Gasteiger partial charge on any atom is 0.216 e. The van der Waals surface area contributed by atoms with Crippen molar-refractivity contribution in [1.82, 2.24) is 9.71 Å². The lowest BCUT2D eigenvalue weighted by Crippen LogP contribution is -2.31. The van der Waals surface area contributed by atoms with Gasteiger partial charge in [0.15, 0.2) is 0 Å². The molecule has 0 unspecified atom stereocenters.